The molecule has 15 heavy (non-hydrogen) atoms. The number of hydrogen-bond donors (Lipinski definition) is 1. The van der Waals surface area contributed by atoms with Gasteiger partial charge in [0.25, 0.3) is 0 Å². The van der Waals surface area contributed by atoms with Crippen LogP contribution in [0.4, 0.5) is 8.78 Å². The number of halogens is 2. The molecule has 0 aliphatic rings. The van der Waals surface area contributed by atoms with Gasteiger partial charge in [-0.3, -0.25) is 0 Å². The highest BCUT2D eigenvalue weighted by Gasteiger charge is 2.17. The van der Waals surface area contributed by atoms with Crippen molar-refractivity contribution in [2.45, 2.75) is 6.29 Å². The van der Waals surface area contributed by atoms with Gasteiger partial charge >= 0.3 is 0 Å². The van der Waals surface area contributed by atoms with Crippen molar-refractivity contribution in [2.24, 2.45) is 0 Å². The van der Waals surface area contributed by atoms with Crippen molar-refractivity contribution in [3.63, 3.8) is 0 Å². The SMILES string of the molecule is COCCOC(O)c1c(F)cccc1F. The molecule has 0 radical (unpaired) electrons. The van der Waals surface area contributed by atoms with Crippen LogP contribution >= 0.6 is 0 Å². The van der Waals surface area contributed by atoms with Crippen LogP contribution in [0.25, 0.3) is 0 Å². The van der Waals surface area contributed by atoms with E-state index in [2.05, 4.69) is 4.74 Å². The van der Waals surface area contributed by atoms with E-state index in [1.54, 1.807) is 0 Å². The van der Waals surface area contributed by atoms with Crippen LogP contribution in [0.15, 0.2) is 18.2 Å². The number of aliphatic hydroxyl groups is 1. The van der Waals surface area contributed by atoms with Crippen molar-refractivity contribution >= 4 is 0 Å². The minimum Gasteiger partial charge on any atom is -0.382 e. The van der Waals surface area contributed by atoms with Gasteiger partial charge in [0, 0.05) is 7.11 Å². The smallest absolute Gasteiger partial charge is 0.187 e. The van der Waals surface area contributed by atoms with Gasteiger partial charge in [0.2, 0.25) is 0 Å². The van der Waals surface area contributed by atoms with Crippen molar-refractivity contribution in [3.05, 3.63) is 35.4 Å². The Bertz CT molecular complexity index is 297. The molecule has 1 unspecified atom stereocenters. The summed E-state index contributed by atoms with van der Waals surface area (Å²) in [4.78, 5) is 0. The van der Waals surface area contributed by atoms with E-state index in [4.69, 9.17) is 4.74 Å². The first-order valence-electron chi connectivity index (χ1n) is 4.39. The lowest BCUT2D eigenvalue weighted by atomic mass is 10.2. The van der Waals surface area contributed by atoms with Crippen molar-refractivity contribution in [3.8, 4) is 0 Å². The summed E-state index contributed by atoms with van der Waals surface area (Å²) in [6, 6.07) is 3.33. The Morgan fingerprint density at radius 2 is 1.87 bits per heavy atom. The summed E-state index contributed by atoms with van der Waals surface area (Å²) < 4.78 is 35.6. The number of hydrogen-bond acceptors (Lipinski definition) is 3. The maximum Gasteiger partial charge on any atom is 0.187 e. The molecule has 0 heterocycles. The number of rotatable bonds is 5. The molecule has 0 amide bonds. The molecule has 0 bridgehead atoms. The monoisotopic (exact) mass is 218 g/mol. The fourth-order valence-corrected chi connectivity index (χ4v) is 1.07. The maximum absolute atomic E-state index is 13.1. The van der Waals surface area contributed by atoms with Crippen LogP contribution in [-0.2, 0) is 9.47 Å². The zero-order valence-corrected chi connectivity index (χ0v) is 8.24. The van der Waals surface area contributed by atoms with Crippen LogP contribution in [0.1, 0.15) is 11.9 Å². The van der Waals surface area contributed by atoms with Crippen molar-refractivity contribution in [1.82, 2.24) is 0 Å². The van der Waals surface area contributed by atoms with Crippen molar-refractivity contribution < 1.29 is 23.4 Å². The van der Waals surface area contributed by atoms with Gasteiger partial charge in [-0.1, -0.05) is 6.07 Å². The average Bonchev–Trinajstić information content (AvgIpc) is 2.18. The lowest BCUT2D eigenvalue weighted by Crippen LogP contribution is -2.11. The lowest BCUT2D eigenvalue weighted by Gasteiger charge is -2.13. The van der Waals surface area contributed by atoms with Crippen LogP contribution in [0.2, 0.25) is 0 Å². The Balaban J connectivity index is 2.68. The third-order valence-electron chi connectivity index (χ3n) is 1.81. The van der Waals surface area contributed by atoms with Gasteiger partial charge in [0.1, 0.15) is 11.6 Å². The fraction of sp³-hybridized carbons (Fsp3) is 0.400. The Morgan fingerprint density at radius 1 is 1.27 bits per heavy atom. The van der Waals surface area contributed by atoms with E-state index in [1.807, 2.05) is 0 Å². The van der Waals surface area contributed by atoms with Crippen molar-refractivity contribution in [1.29, 1.82) is 0 Å². The zero-order valence-electron chi connectivity index (χ0n) is 8.24. The fourth-order valence-electron chi connectivity index (χ4n) is 1.07. The van der Waals surface area contributed by atoms with Gasteiger partial charge in [-0.2, -0.15) is 0 Å². The minimum atomic E-state index is -1.61. The molecule has 0 aliphatic heterocycles. The molecular weight excluding hydrogens is 206 g/mol. The molecule has 1 aromatic rings. The largest absolute Gasteiger partial charge is 0.382 e. The molecule has 0 aliphatic carbocycles. The maximum atomic E-state index is 13.1. The molecule has 5 heteroatoms. The molecule has 1 rings (SSSR count). The molecule has 0 saturated heterocycles. The predicted molar refractivity (Wildman–Crippen MR) is 49.1 cm³/mol. The first-order valence-corrected chi connectivity index (χ1v) is 4.39. The lowest BCUT2D eigenvalue weighted by molar-refractivity contribution is -0.116. The molecule has 1 aromatic carbocycles. The zero-order chi connectivity index (χ0) is 11.3. The van der Waals surface area contributed by atoms with Gasteiger partial charge in [0.15, 0.2) is 6.29 Å². The van der Waals surface area contributed by atoms with Crippen LogP contribution in [0.5, 0.6) is 0 Å². The molecule has 0 aromatic heterocycles. The number of benzene rings is 1. The first-order chi connectivity index (χ1) is 7.16. The van der Waals surface area contributed by atoms with E-state index >= 15 is 0 Å². The summed E-state index contributed by atoms with van der Waals surface area (Å²) in [6.45, 7) is 0.304. The predicted octanol–water partition coefficient (Wildman–Crippen LogP) is 1.62. The van der Waals surface area contributed by atoms with Crippen LogP contribution in [0.3, 0.4) is 0 Å². The van der Waals surface area contributed by atoms with Crippen molar-refractivity contribution in [2.75, 3.05) is 20.3 Å². The normalized spacial score (nSPS) is 12.8. The molecule has 0 saturated carbocycles. The van der Waals surface area contributed by atoms with E-state index in [0.29, 0.717) is 0 Å². The van der Waals surface area contributed by atoms with Crippen LogP contribution in [-0.4, -0.2) is 25.4 Å². The third kappa shape index (κ3) is 3.23. The highest BCUT2D eigenvalue weighted by atomic mass is 19.1. The van der Waals surface area contributed by atoms with Gasteiger partial charge < -0.3 is 14.6 Å². The van der Waals surface area contributed by atoms with E-state index in [9.17, 15) is 13.9 Å². The average molecular weight is 218 g/mol. The summed E-state index contributed by atoms with van der Waals surface area (Å²) in [6.07, 6.45) is -1.61. The van der Waals surface area contributed by atoms with Gasteiger partial charge in [-0.05, 0) is 12.1 Å². The van der Waals surface area contributed by atoms with E-state index in [0.717, 1.165) is 12.1 Å². The summed E-state index contributed by atoms with van der Waals surface area (Å²) in [5, 5.41) is 9.35. The molecule has 3 nitrogen and oxygen atoms in total. The standard InChI is InChI=1S/C10H12F2O3/c1-14-5-6-15-10(13)9-7(11)3-2-4-8(9)12/h2-4,10,13H,5-6H2,1H3. The summed E-state index contributed by atoms with van der Waals surface area (Å²) in [5.41, 5.74) is -0.478. The van der Waals surface area contributed by atoms with Crippen LogP contribution < -0.4 is 0 Å². The Kier molecular flexibility index (Phi) is 4.61. The second-order valence-electron chi connectivity index (χ2n) is 2.85. The van der Waals surface area contributed by atoms with E-state index in [1.165, 1.54) is 13.2 Å². The molecule has 1 atom stereocenters. The third-order valence-corrected chi connectivity index (χ3v) is 1.81. The Morgan fingerprint density at radius 3 is 2.40 bits per heavy atom. The molecule has 84 valence electrons. The minimum absolute atomic E-state index is 0.0610. The number of methoxy groups -OCH3 is 1. The second kappa shape index (κ2) is 5.75. The Hall–Kier alpha value is -1.04. The summed E-state index contributed by atoms with van der Waals surface area (Å²) >= 11 is 0. The van der Waals surface area contributed by atoms with Gasteiger partial charge in [-0.25, -0.2) is 8.78 Å². The quantitative estimate of drug-likeness (QED) is 0.603. The Labute approximate surface area is 86.2 Å². The van der Waals surface area contributed by atoms with E-state index < -0.39 is 23.5 Å². The highest BCUT2D eigenvalue weighted by Crippen LogP contribution is 2.21. The molecular formula is C10H12F2O3. The number of ether oxygens (including phenoxy) is 2. The molecule has 0 spiro atoms. The highest BCUT2D eigenvalue weighted by molar-refractivity contribution is 5.20. The van der Waals surface area contributed by atoms with Gasteiger partial charge in [0.05, 0.1) is 18.8 Å². The topological polar surface area (TPSA) is 38.7 Å². The van der Waals surface area contributed by atoms with E-state index in [-0.39, 0.29) is 13.2 Å². The first kappa shape index (κ1) is 12.0. The molecule has 1 N–H and O–H groups in total. The molecule has 0 fully saturated rings. The van der Waals surface area contributed by atoms with Crippen LogP contribution in [0, 0.1) is 11.6 Å². The summed E-state index contributed by atoms with van der Waals surface area (Å²) in [7, 11) is 1.46. The summed E-state index contributed by atoms with van der Waals surface area (Å²) in [5.74, 6) is -1.67. The van der Waals surface area contributed by atoms with Gasteiger partial charge in [-0.15, -0.1) is 0 Å². The number of aliphatic hydroxyl groups excluding tert-OH is 1. The second-order valence-corrected chi connectivity index (χ2v) is 2.85.